The van der Waals surface area contributed by atoms with Crippen LogP contribution in [-0.2, 0) is 11.3 Å². The van der Waals surface area contributed by atoms with Gasteiger partial charge in [-0.25, -0.2) is 0 Å². The van der Waals surface area contributed by atoms with Crippen molar-refractivity contribution in [3.05, 3.63) is 29.8 Å². The van der Waals surface area contributed by atoms with Crippen molar-refractivity contribution >= 4 is 17.7 Å². The predicted octanol–water partition coefficient (Wildman–Crippen LogP) is 1.80. The van der Waals surface area contributed by atoms with Gasteiger partial charge >= 0.3 is 0 Å². The van der Waals surface area contributed by atoms with Crippen LogP contribution in [0.15, 0.2) is 29.2 Å². The lowest BCUT2D eigenvalue weighted by Crippen LogP contribution is -2.33. The van der Waals surface area contributed by atoms with Crippen LogP contribution in [-0.4, -0.2) is 23.9 Å². The van der Waals surface area contributed by atoms with Crippen molar-refractivity contribution < 1.29 is 9.90 Å². The molecular formula is C13H17NO2S. The summed E-state index contributed by atoms with van der Waals surface area (Å²) < 4.78 is 0. The molecule has 1 aliphatic carbocycles. The molecule has 92 valence electrons. The molecule has 4 heteroatoms. The van der Waals surface area contributed by atoms with Crippen LogP contribution in [0.1, 0.15) is 18.4 Å². The molecule has 0 heterocycles. The molecule has 1 amide bonds. The van der Waals surface area contributed by atoms with E-state index in [0.29, 0.717) is 6.54 Å². The summed E-state index contributed by atoms with van der Waals surface area (Å²) in [4.78, 5) is 13.0. The zero-order chi connectivity index (χ0) is 12.3. The number of thioether (sulfide) groups is 1. The number of aliphatic hydroxyl groups is 1. The van der Waals surface area contributed by atoms with E-state index in [1.54, 1.807) is 11.8 Å². The normalized spacial score (nSPS) is 16.6. The third kappa shape index (κ3) is 2.82. The van der Waals surface area contributed by atoms with Crippen LogP contribution in [0.25, 0.3) is 0 Å². The van der Waals surface area contributed by atoms with Crippen LogP contribution in [0.4, 0.5) is 0 Å². The third-order valence-corrected chi connectivity index (χ3v) is 3.99. The van der Waals surface area contributed by atoms with Crippen molar-refractivity contribution in [2.75, 3.05) is 12.9 Å². The average molecular weight is 251 g/mol. The number of hydrogen-bond acceptors (Lipinski definition) is 3. The molecule has 0 atom stereocenters. The van der Waals surface area contributed by atoms with Gasteiger partial charge in [-0.05, 0) is 36.8 Å². The quantitative estimate of drug-likeness (QED) is 0.785. The molecule has 0 aliphatic heterocycles. The second-order valence-corrected chi connectivity index (χ2v) is 5.35. The number of nitrogens with one attached hydrogen (secondary N) is 1. The van der Waals surface area contributed by atoms with Gasteiger partial charge < -0.3 is 10.4 Å². The summed E-state index contributed by atoms with van der Waals surface area (Å²) in [5.74, 6) is -0.0195. The smallest absolute Gasteiger partial charge is 0.228 e. The van der Waals surface area contributed by atoms with E-state index in [-0.39, 0.29) is 12.5 Å². The Balaban J connectivity index is 1.87. The molecular weight excluding hydrogens is 234 g/mol. The molecule has 1 aromatic carbocycles. The summed E-state index contributed by atoms with van der Waals surface area (Å²) in [6.45, 7) is 0.499. The van der Waals surface area contributed by atoms with Gasteiger partial charge in [-0.15, -0.1) is 11.8 Å². The summed E-state index contributed by atoms with van der Waals surface area (Å²) >= 11 is 1.70. The SMILES string of the molecule is CSc1ccc(CNC(=O)C2(CO)CC2)cc1. The Morgan fingerprint density at radius 1 is 1.41 bits per heavy atom. The first kappa shape index (κ1) is 12.5. The fraction of sp³-hybridized carbons (Fsp3) is 0.462. The minimum atomic E-state index is -0.473. The zero-order valence-electron chi connectivity index (χ0n) is 9.90. The Kier molecular flexibility index (Phi) is 3.74. The van der Waals surface area contributed by atoms with Crippen LogP contribution in [0.2, 0.25) is 0 Å². The van der Waals surface area contributed by atoms with Crippen LogP contribution >= 0.6 is 11.8 Å². The number of amides is 1. The number of carbonyl (C=O) groups is 1. The number of hydrogen-bond donors (Lipinski definition) is 2. The van der Waals surface area contributed by atoms with Crippen LogP contribution in [0.3, 0.4) is 0 Å². The van der Waals surface area contributed by atoms with E-state index in [2.05, 4.69) is 5.32 Å². The minimum absolute atomic E-state index is 0.0195. The molecule has 2 rings (SSSR count). The van der Waals surface area contributed by atoms with Crippen LogP contribution in [0, 0.1) is 5.41 Å². The number of rotatable bonds is 5. The molecule has 0 aromatic heterocycles. The molecule has 2 N–H and O–H groups in total. The molecule has 1 saturated carbocycles. The lowest BCUT2D eigenvalue weighted by molar-refractivity contribution is -0.127. The molecule has 0 bridgehead atoms. The fourth-order valence-corrected chi connectivity index (χ4v) is 2.13. The average Bonchev–Trinajstić information content (AvgIpc) is 3.17. The Morgan fingerprint density at radius 3 is 2.53 bits per heavy atom. The van der Waals surface area contributed by atoms with Gasteiger partial charge in [-0.3, -0.25) is 4.79 Å². The Morgan fingerprint density at radius 2 is 2.06 bits per heavy atom. The van der Waals surface area contributed by atoms with Gasteiger partial charge in [0.1, 0.15) is 0 Å². The first-order valence-corrected chi connectivity index (χ1v) is 6.95. The van der Waals surface area contributed by atoms with Crippen molar-refractivity contribution in [2.45, 2.75) is 24.3 Å². The molecule has 1 aromatic rings. The molecule has 17 heavy (non-hydrogen) atoms. The molecule has 0 radical (unpaired) electrons. The summed E-state index contributed by atoms with van der Waals surface area (Å²) in [6.07, 6.45) is 3.65. The summed E-state index contributed by atoms with van der Waals surface area (Å²) in [7, 11) is 0. The van der Waals surface area contributed by atoms with Crippen molar-refractivity contribution in [1.82, 2.24) is 5.32 Å². The Bertz CT molecular complexity index is 398. The van der Waals surface area contributed by atoms with E-state index < -0.39 is 5.41 Å². The van der Waals surface area contributed by atoms with Crippen molar-refractivity contribution in [2.24, 2.45) is 5.41 Å². The first-order chi connectivity index (χ1) is 8.20. The van der Waals surface area contributed by atoms with Gasteiger partial charge in [-0.2, -0.15) is 0 Å². The Labute approximate surface area is 106 Å². The van der Waals surface area contributed by atoms with Gasteiger partial charge in [0.05, 0.1) is 12.0 Å². The van der Waals surface area contributed by atoms with E-state index in [9.17, 15) is 4.79 Å². The fourth-order valence-electron chi connectivity index (χ4n) is 1.72. The highest BCUT2D eigenvalue weighted by Gasteiger charge is 2.49. The Hall–Kier alpha value is -1.00. The number of aliphatic hydroxyl groups excluding tert-OH is 1. The minimum Gasteiger partial charge on any atom is -0.395 e. The molecule has 0 spiro atoms. The van der Waals surface area contributed by atoms with E-state index in [0.717, 1.165) is 18.4 Å². The van der Waals surface area contributed by atoms with Gasteiger partial charge in [0.15, 0.2) is 0 Å². The summed E-state index contributed by atoms with van der Waals surface area (Å²) in [5, 5.41) is 12.0. The maximum Gasteiger partial charge on any atom is 0.228 e. The summed E-state index contributed by atoms with van der Waals surface area (Å²) in [6, 6.07) is 8.13. The second-order valence-electron chi connectivity index (χ2n) is 4.47. The van der Waals surface area contributed by atoms with Crippen molar-refractivity contribution in [3.8, 4) is 0 Å². The highest BCUT2D eigenvalue weighted by atomic mass is 32.2. The number of benzene rings is 1. The second kappa shape index (κ2) is 5.10. The maximum atomic E-state index is 11.8. The molecule has 1 aliphatic rings. The lowest BCUT2D eigenvalue weighted by Gasteiger charge is -2.12. The third-order valence-electron chi connectivity index (χ3n) is 3.25. The monoisotopic (exact) mass is 251 g/mol. The van der Waals surface area contributed by atoms with Crippen molar-refractivity contribution in [3.63, 3.8) is 0 Å². The highest BCUT2D eigenvalue weighted by Crippen LogP contribution is 2.45. The number of carbonyl (C=O) groups excluding carboxylic acids is 1. The van der Waals surface area contributed by atoms with Crippen LogP contribution in [0.5, 0.6) is 0 Å². The van der Waals surface area contributed by atoms with Gasteiger partial charge in [-0.1, -0.05) is 12.1 Å². The summed E-state index contributed by atoms with van der Waals surface area (Å²) in [5.41, 5.74) is 0.615. The predicted molar refractivity (Wildman–Crippen MR) is 68.8 cm³/mol. The largest absolute Gasteiger partial charge is 0.395 e. The van der Waals surface area contributed by atoms with Gasteiger partial charge in [0, 0.05) is 11.4 Å². The molecule has 0 unspecified atom stereocenters. The van der Waals surface area contributed by atoms with E-state index in [4.69, 9.17) is 5.11 Å². The molecule has 3 nitrogen and oxygen atoms in total. The zero-order valence-corrected chi connectivity index (χ0v) is 10.7. The van der Waals surface area contributed by atoms with Crippen molar-refractivity contribution in [1.29, 1.82) is 0 Å². The maximum absolute atomic E-state index is 11.8. The molecule has 1 fully saturated rings. The highest BCUT2D eigenvalue weighted by molar-refractivity contribution is 7.98. The van der Waals surface area contributed by atoms with E-state index >= 15 is 0 Å². The van der Waals surface area contributed by atoms with Gasteiger partial charge in [0.25, 0.3) is 0 Å². The van der Waals surface area contributed by atoms with Gasteiger partial charge in [0.2, 0.25) is 5.91 Å². The topological polar surface area (TPSA) is 49.3 Å². The standard InChI is InChI=1S/C13H17NO2S/c1-17-11-4-2-10(3-5-11)8-14-12(16)13(9-15)6-7-13/h2-5,15H,6-9H2,1H3,(H,14,16). The van der Waals surface area contributed by atoms with E-state index in [1.807, 2.05) is 30.5 Å². The first-order valence-electron chi connectivity index (χ1n) is 5.72. The lowest BCUT2D eigenvalue weighted by atomic mass is 10.1. The van der Waals surface area contributed by atoms with E-state index in [1.165, 1.54) is 4.90 Å². The molecule has 0 saturated heterocycles. The van der Waals surface area contributed by atoms with Crippen LogP contribution < -0.4 is 5.32 Å².